The number of fused-ring (bicyclic) bond motifs is 1. The van der Waals surface area contributed by atoms with Crippen molar-refractivity contribution in [3.63, 3.8) is 0 Å². The third-order valence-corrected chi connectivity index (χ3v) is 6.41. The number of benzene rings is 1. The number of carbonyl (C=O) groups is 2. The number of hydrogen-bond acceptors (Lipinski definition) is 6. The molecule has 1 fully saturated rings. The van der Waals surface area contributed by atoms with Crippen molar-refractivity contribution in [1.82, 2.24) is 0 Å². The van der Waals surface area contributed by atoms with Crippen LogP contribution in [0.25, 0.3) is 0 Å². The van der Waals surface area contributed by atoms with Gasteiger partial charge in [-0.15, -0.1) is 0 Å². The molecule has 1 saturated heterocycles. The molecule has 0 saturated carbocycles. The van der Waals surface area contributed by atoms with Crippen LogP contribution in [0.3, 0.4) is 0 Å². The highest BCUT2D eigenvalue weighted by Gasteiger charge is 2.59. The average molecular weight is 350 g/mol. The molecule has 1 aromatic rings. The molecule has 0 spiro atoms. The first-order valence-corrected chi connectivity index (χ1v) is 9.49. The minimum atomic E-state index is -3.62. The fourth-order valence-electron chi connectivity index (χ4n) is 3.12. The molecule has 0 unspecified atom stereocenters. The lowest BCUT2D eigenvalue weighted by molar-refractivity contribution is -0.122. The van der Waals surface area contributed by atoms with Gasteiger partial charge in [-0.25, -0.2) is 4.90 Å². The van der Waals surface area contributed by atoms with Crippen molar-refractivity contribution in [2.75, 3.05) is 18.1 Å². The number of para-hydroxylation sites is 1. The number of rotatable bonds is 6. The number of amides is 2. The molecule has 128 valence electrons. The second-order valence-corrected chi connectivity index (χ2v) is 7.61. The number of aliphatic imine (C=N–C) groups is 1. The quantitative estimate of drug-likeness (QED) is 0.581. The van der Waals surface area contributed by atoms with E-state index in [2.05, 4.69) is 4.99 Å². The highest BCUT2D eigenvalue weighted by Crippen LogP contribution is 2.60. The van der Waals surface area contributed by atoms with Gasteiger partial charge in [-0.2, -0.15) is 0 Å². The first-order valence-electron chi connectivity index (χ1n) is 7.88. The van der Waals surface area contributed by atoms with Crippen LogP contribution in [0.2, 0.25) is 0 Å². The first kappa shape index (κ1) is 17.0. The molecule has 2 aliphatic heterocycles. The minimum Gasteiger partial charge on any atom is -0.307 e. The van der Waals surface area contributed by atoms with Crippen LogP contribution < -0.4 is 4.90 Å². The fraction of sp³-hybridized carbons (Fsp3) is 0.438. The molecule has 24 heavy (non-hydrogen) atoms. The molecule has 1 aromatic carbocycles. The van der Waals surface area contributed by atoms with Crippen LogP contribution in [0.5, 0.6) is 0 Å². The van der Waals surface area contributed by atoms with E-state index in [0.717, 1.165) is 4.90 Å². The smallest absolute Gasteiger partial charge is 0.307 e. The summed E-state index contributed by atoms with van der Waals surface area (Å²) >= 11 is 0. The van der Waals surface area contributed by atoms with E-state index < -0.39 is 31.1 Å². The largest absolute Gasteiger partial charge is 0.355 e. The van der Waals surface area contributed by atoms with Crippen LogP contribution in [0.1, 0.15) is 13.8 Å². The molecule has 2 heterocycles. The van der Waals surface area contributed by atoms with Gasteiger partial charge in [0, 0.05) is 6.21 Å². The van der Waals surface area contributed by atoms with Crippen molar-refractivity contribution in [1.29, 1.82) is 0 Å². The van der Waals surface area contributed by atoms with E-state index in [1.807, 2.05) is 0 Å². The third kappa shape index (κ3) is 2.62. The van der Waals surface area contributed by atoms with Crippen molar-refractivity contribution in [2.45, 2.75) is 19.6 Å². The van der Waals surface area contributed by atoms with Gasteiger partial charge in [0.05, 0.1) is 30.7 Å². The number of nitrogens with zero attached hydrogens (tertiary/aromatic N) is 2. The SMILES string of the molecule is CCOP(=O)(OCC)[C@@H]1N=C[C@H]2C(=O)N(c3ccccc3)C(=O)[C@@H]12. The zero-order chi connectivity index (χ0) is 17.3. The van der Waals surface area contributed by atoms with Crippen molar-refractivity contribution < 1.29 is 23.2 Å². The Morgan fingerprint density at radius 2 is 1.71 bits per heavy atom. The summed E-state index contributed by atoms with van der Waals surface area (Å²) in [6.07, 6.45) is 1.41. The van der Waals surface area contributed by atoms with Gasteiger partial charge < -0.3 is 9.05 Å². The molecule has 2 amide bonds. The van der Waals surface area contributed by atoms with Crippen LogP contribution in [0.15, 0.2) is 35.3 Å². The maximum Gasteiger partial charge on any atom is 0.355 e. The Balaban J connectivity index is 1.95. The van der Waals surface area contributed by atoms with Crippen molar-refractivity contribution in [3.05, 3.63) is 30.3 Å². The van der Waals surface area contributed by atoms with Crippen molar-refractivity contribution in [3.8, 4) is 0 Å². The molecular formula is C16H19N2O5P. The lowest BCUT2D eigenvalue weighted by Crippen LogP contribution is -2.33. The normalized spacial score (nSPS) is 26.2. The molecule has 0 bridgehead atoms. The Labute approximate surface area is 140 Å². The summed E-state index contributed by atoms with van der Waals surface area (Å²) in [5.41, 5.74) is 0.497. The Kier molecular flexibility index (Phi) is 4.67. The summed E-state index contributed by atoms with van der Waals surface area (Å²) in [6.45, 7) is 3.73. The second kappa shape index (κ2) is 6.59. The van der Waals surface area contributed by atoms with Gasteiger partial charge in [-0.3, -0.25) is 19.1 Å². The lowest BCUT2D eigenvalue weighted by atomic mass is 9.99. The van der Waals surface area contributed by atoms with Crippen LogP contribution in [0, 0.1) is 11.8 Å². The molecule has 0 aromatic heterocycles. The summed E-state index contributed by atoms with van der Waals surface area (Å²) in [4.78, 5) is 30.8. The molecule has 2 aliphatic rings. The maximum absolute atomic E-state index is 13.0. The number of anilines is 1. The van der Waals surface area contributed by atoms with Gasteiger partial charge in [0.15, 0.2) is 5.78 Å². The van der Waals surface area contributed by atoms with Crippen LogP contribution >= 0.6 is 7.60 Å². The molecule has 7 nitrogen and oxygen atoms in total. The summed E-state index contributed by atoms with van der Waals surface area (Å²) in [5.74, 6) is -3.33. The summed E-state index contributed by atoms with van der Waals surface area (Å²) in [7, 11) is -3.62. The molecule has 0 radical (unpaired) electrons. The van der Waals surface area contributed by atoms with Gasteiger partial charge in [0.25, 0.3) is 0 Å². The Hall–Kier alpha value is -1.82. The van der Waals surface area contributed by atoms with Crippen molar-refractivity contribution in [2.24, 2.45) is 16.8 Å². The third-order valence-electron chi connectivity index (χ3n) is 4.08. The molecule has 8 heteroatoms. The molecule has 3 rings (SSSR count). The molecular weight excluding hydrogens is 331 g/mol. The van der Waals surface area contributed by atoms with Gasteiger partial charge in [-0.1, -0.05) is 18.2 Å². The first-order chi connectivity index (χ1) is 11.5. The van der Waals surface area contributed by atoms with Gasteiger partial charge in [-0.05, 0) is 26.0 Å². The van der Waals surface area contributed by atoms with E-state index >= 15 is 0 Å². The highest BCUT2D eigenvalue weighted by atomic mass is 31.2. The minimum absolute atomic E-state index is 0.172. The Morgan fingerprint density at radius 1 is 1.08 bits per heavy atom. The second-order valence-electron chi connectivity index (χ2n) is 5.49. The van der Waals surface area contributed by atoms with E-state index in [-0.39, 0.29) is 19.1 Å². The highest BCUT2D eigenvalue weighted by molar-refractivity contribution is 7.54. The standard InChI is InChI=1S/C16H19N2O5P/c1-3-22-24(21,23-4-2)14-13-12(10-17-14)15(19)18(16(13)20)11-8-6-5-7-9-11/h5-10,12-14H,3-4H2,1-2H3/t12-,13-,14+/m1/s1. The topological polar surface area (TPSA) is 85.3 Å². The molecule has 0 aliphatic carbocycles. The zero-order valence-corrected chi connectivity index (χ0v) is 14.4. The van der Waals surface area contributed by atoms with E-state index in [1.54, 1.807) is 44.2 Å². The van der Waals surface area contributed by atoms with E-state index in [1.165, 1.54) is 6.21 Å². The molecule has 3 atom stereocenters. The fourth-order valence-corrected chi connectivity index (χ4v) is 5.16. The van der Waals surface area contributed by atoms with E-state index in [4.69, 9.17) is 9.05 Å². The van der Waals surface area contributed by atoms with Gasteiger partial charge >= 0.3 is 7.60 Å². The van der Waals surface area contributed by atoms with Crippen LogP contribution in [-0.4, -0.2) is 37.0 Å². The predicted molar refractivity (Wildman–Crippen MR) is 89.1 cm³/mol. The summed E-state index contributed by atoms with van der Waals surface area (Å²) in [5, 5.41) is 0. The lowest BCUT2D eigenvalue weighted by Gasteiger charge is -2.25. The average Bonchev–Trinajstić information content (AvgIpc) is 3.10. The Bertz CT molecular complexity index is 710. The summed E-state index contributed by atoms with van der Waals surface area (Å²) in [6, 6.07) is 8.68. The zero-order valence-electron chi connectivity index (χ0n) is 13.5. The van der Waals surface area contributed by atoms with Crippen molar-refractivity contribution >= 4 is 31.3 Å². The maximum atomic E-state index is 13.0. The van der Waals surface area contributed by atoms with E-state index in [9.17, 15) is 14.2 Å². The van der Waals surface area contributed by atoms with Gasteiger partial charge in [0.1, 0.15) is 0 Å². The van der Waals surface area contributed by atoms with E-state index in [0.29, 0.717) is 5.69 Å². The van der Waals surface area contributed by atoms with Gasteiger partial charge in [0.2, 0.25) is 11.8 Å². The van der Waals surface area contributed by atoms with Crippen LogP contribution in [-0.2, 0) is 23.2 Å². The van der Waals surface area contributed by atoms with Crippen LogP contribution in [0.4, 0.5) is 5.69 Å². The summed E-state index contributed by atoms with van der Waals surface area (Å²) < 4.78 is 23.7. The predicted octanol–water partition coefficient (Wildman–Crippen LogP) is 2.47. The number of hydrogen-bond donors (Lipinski definition) is 0. The Morgan fingerprint density at radius 3 is 2.29 bits per heavy atom. The molecule has 0 N–H and O–H groups in total. The number of carbonyl (C=O) groups excluding carboxylic acids is 2. The monoisotopic (exact) mass is 350 g/mol. The number of imide groups is 1.